The van der Waals surface area contributed by atoms with E-state index in [1.165, 1.54) is 12.1 Å². The second-order valence-electron chi connectivity index (χ2n) is 4.46. The number of hydrogen-bond donors (Lipinski definition) is 0. The third-order valence-corrected chi connectivity index (χ3v) is 3.42. The molecule has 0 amide bonds. The fourth-order valence-corrected chi connectivity index (χ4v) is 2.26. The van der Waals surface area contributed by atoms with E-state index < -0.39 is 0 Å². The van der Waals surface area contributed by atoms with Crippen molar-refractivity contribution in [1.82, 2.24) is 10.3 Å². The molecule has 104 valence electrons. The lowest BCUT2D eigenvalue weighted by Gasteiger charge is -2.09. The SMILES string of the molecule is Fc1ccc(CO/N=C2\CCCc3nonc32)c(Cl)c1. The van der Waals surface area contributed by atoms with E-state index in [0.29, 0.717) is 22.0 Å². The van der Waals surface area contributed by atoms with Gasteiger partial charge in [-0.1, -0.05) is 28.0 Å². The lowest BCUT2D eigenvalue weighted by Crippen LogP contribution is -2.12. The van der Waals surface area contributed by atoms with Gasteiger partial charge >= 0.3 is 0 Å². The molecule has 0 atom stereocenters. The van der Waals surface area contributed by atoms with E-state index in [9.17, 15) is 4.39 Å². The third kappa shape index (κ3) is 2.65. The van der Waals surface area contributed by atoms with E-state index in [0.717, 1.165) is 25.0 Å². The van der Waals surface area contributed by atoms with Crippen LogP contribution in [0.15, 0.2) is 28.0 Å². The van der Waals surface area contributed by atoms with Gasteiger partial charge in [-0.15, -0.1) is 0 Å². The highest BCUT2D eigenvalue weighted by Crippen LogP contribution is 2.20. The van der Waals surface area contributed by atoms with Crippen LogP contribution in [0.25, 0.3) is 0 Å². The number of halogens is 2. The summed E-state index contributed by atoms with van der Waals surface area (Å²) in [6.45, 7) is 0.170. The summed E-state index contributed by atoms with van der Waals surface area (Å²) >= 11 is 5.91. The second kappa shape index (κ2) is 5.58. The number of rotatable bonds is 3. The summed E-state index contributed by atoms with van der Waals surface area (Å²) in [5, 5.41) is 12.0. The first-order valence-electron chi connectivity index (χ1n) is 6.18. The molecule has 0 aliphatic heterocycles. The van der Waals surface area contributed by atoms with Crippen LogP contribution in [-0.4, -0.2) is 16.0 Å². The average molecular weight is 296 g/mol. The van der Waals surface area contributed by atoms with Crippen LogP contribution >= 0.6 is 11.6 Å². The normalized spacial score (nSPS) is 16.2. The van der Waals surface area contributed by atoms with Crippen LogP contribution in [-0.2, 0) is 17.9 Å². The number of hydrogen-bond acceptors (Lipinski definition) is 5. The lowest BCUT2D eigenvalue weighted by atomic mass is 9.99. The molecule has 0 bridgehead atoms. The van der Waals surface area contributed by atoms with E-state index in [1.807, 2.05) is 0 Å². The molecule has 0 N–H and O–H groups in total. The highest BCUT2D eigenvalue weighted by Gasteiger charge is 2.21. The van der Waals surface area contributed by atoms with Gasteiger partial charge in [0.2, 0.25) is 0 Å². The zero-order valence-corrected chi connectivity index (χ0v) is 11.2. The molecule has 1 heterocycles. The predicted octanol–water partition coefficient (Wildman–Crippen LogP) is 3.12. The zero-order valence-electron chi connectivity index (χ0n) is 10.5. The number of nitrogens with zero attached hydrogens (tertiary/aromatic N) is 3. The second-order valence-corrected chi connectivity index (χ2v) is 4.87. The molecule has 3 rings (SSSR count). The first kappa shape index (κ1) is 13.1. The Hall–Kier alpha value is -1.95. The maximum atomic E-state index is 12.9. The molecule has 0 saturated heterocycles. The van der Waals surface area contributed by atoms with E-state index in [2.05, 4.69) is 15.5 Å². The van der Waals surface area contributed by atoms with Crippen molar-refractivity contribution in [3.8, 4) is 0 Å². The summed E-state index contributed by atoms with van der Waals surface area (Å²) in [5.74, 6) is -0.379. The Labute approximate surface area is 119 Å². The Kier molecular flexibility index (Phi) is 3.64. The van der Waals surface area contributed by atoms with Crippen LogP contribution in [0.2, 0.25) is 5.02 Å². The van der Waals surface area contributed by atoms with Crippen molar-refractivity contribution in [2.75, 3.05) is 0 Å². The van der Waals surface area contributed by atoms with E-state index in [1.54, 1.807) is 6.07 Å². The first-order valence-corrected chi connectivity index (χ1v) is 6.56. The van der Waals surface area contributed by atoms with Gasteiger partial charge in [0, 0.05) is 5.56 Å². The molecule has 7 heteroatoms. The van der Waals surface area contributed by atoms with Crippen molar-refractivity contribution in [3.63, 3.8) is 0 Å². The van der Waals surface area contributed by atoms with Crippen molar-refractivity contribution in [2.45, 2.75) is 25.9 Å². The molecule has 0 saturated carbocycles. The van der Waals surface area contributed by atoms with Crippen LogP contribution in [0.1, 0.15) is 29.8 Å². The standard InChI is InChI=1S/C13H11ClFN3O2/c14-10-6-9(15)5-4-8(10)7-19-16-11-2-1-3-12-13(11)18-20-17-12/h4-6H,1-3,7H2/b16-11+. The molecule has 1 aliphatic rings. The Morgan fingerprint density at radius 3 is 3.10 bits per heavy atom. The molecule has 20 heavy (non-hydrogen) atoms. The minimum atomic E-state index is -0.379. The molecule has 0 unspecified atom stereocenters. The number of aromatic nitrogens is 2. The molecule has 2 aromatic rings. The van der Waals surface area contributed by atoms with Crippen molar-refractivity contribution in [1.29, 1.82) is 0 Å². The molecule has 1 aliphatic carbocycles. The predicted molar refractivity (Wildman–Crippen MR) is 70.0 cm³/mol. The number of aryl methyl sites for hydroxylation is 1. The summed E-state index contributed by atoms with van der Waals surface area (Å²) in [5.41, 5.74) is 2.84. The Morgan fingerprint density at radius 1 is 1.35 bits per heavy atom. The number of fused-ring (bicyclic) bond motifs is 1. The Bertz CT molecular complexity index is 657. The summed E-state index contributed by atoms with van der Waals surface area (Å²) in [4.78, 5) is 5.28. The number of benzene rings is 1. The van der Waals surface area contributed by atoms with Crippen molar-refractivity contribution in [3.05, 3.63) is 46.0 Å². The largest absolute Gasteiger partial charge is 0.391 e. The van der Waals surface area contributed by atoms with Crippen LogP contribution in [0.3, 0.4) is 0 Å². The smallest absolute Gasteiger partial charge is 0.155 e. The van der Waals surface area contributed by atoms with E-state index in [-0.39, 0.29) is 12.4 Å². The monoisotopic (exact) mass is 295 g/mol. The molecule has 1 aromatic heterocycles. The molecule has 1 aromatic carbocycles. The number of oxime groups is 1. The molecule has 0 fully saturated rings. The molecule has 5 nitrogen and oxygen atoms in total. The average Bonchev–Trinajstić information content (AvgIpc) is 2.90. The summed E-state index contributed by atoms with van der Waals surface area (Å²) < 4.78 is 17.6. The Balaban J connectivity index is 1.70. The fraction of sp³-hybridized carbons (Fsp3) is 0.308. The van der Waals surface area contributed by atoms with Crippen LogP contribution in [0.4, 0.5) is 4.39 Å². The van der Waals surface area contributed by atoms with Gasteiger partial charge in [0.15, 0.2) is 5.69 Å². The van der Waals surface area contributed by atoms with Crippen molar-refractivity contribution < 1.29 is 13.9 Å². The molecular formula is C13H11ClFN3O2. The Morgan fingerprint density at radius 2 is 2.25 bits per heavy atom. The topological polar surface area (TPSA) is 60.5 Å². The van der Waals surface area contributed by atoms with Gasteiger partial charge in [-0.25, -0.2) is 9.02 Å². The van der Waals surface area contributed by atoms with Gasteiger partial charge in [-0.3, -0.25) is 0 Å². The van der Waals surface area contributed by atoms with Gasteiger partial charge in [0.05, 0.1) is 5.02 Å². The van der Waals surface area contributed by atoms with Crippen molar-refractivity contribution >= 4 is 17.3 Å². The van der Waals surface area contributed by atoms with E-state index in [4.69, 9.17) is 21.1 Å². The minimum absolute atomic E-state index is 0.170. The van der Waals surface area contributed by atoms with Crippen LogP contribution in [0.5, 0.6) is 0 Å². The van der Waals surface area contributed by atoms with E-state index >= 15 is 0 Å². The van der Waals surface area contributed by atoms with Gasteiger partial charge < -0.3 is 4.84 Å². The summed E-state index contributed by atoms with van der Waals surface area (Å²) in [6, 6.07) is 4.15. The lowest BCUT2D eigenvalue weighted by molar-refractivity contribution is 0.130. The van der Waals surface area contributed by atoms with Gasteiger partial charge in [-0.2, -0.15) is 0 Å². The molecule has 0 radical (unpaired) electrons. The van der Waals surface area contributed by atoms with Gasteiger partial charge in [0.1, 0.15) is 23.8 Å². The van der Waals surface area contributed by atoms with Crippen molar-refractivity contribution in [2.24, 2.45) is 5.16 Å². The highest BCUT2D eigenvalue weighted by atomic mass is 35.5. The fourth-order valence-electron chi connectivity index (χ4n) is 2.04. The summed E-state index contributed by atoms with van der Waals surface area (Å²) in [7, 11) is 0. The minimum Gasteiger partial charge on any atom is -0.391 e. The van der Waals surface area contributed by atoms with Crippen LogP contribution in [0, 0.1) is 5.82 Å². The molecule has 0 spiro atoms. The quantitative estimate of drug-likeness (QED) is 0.816. The summed E-state index contributed by atoms with van der Waals surface area (Å²) in [6.07, 6.45) is 2.53. The highest BCUT2D eigenvalue weighted by molar-refractivity contribution is 6.31. The maximum Gasteiger partial charge on any atom is 0.155 e. The zero-order chi connectivity index (χ0) is 13.9. The van der Waals surface area contributed by atoms with Gasteiger partial charge in [0.25, 0.3) is 0 Å². The maximum absolute atomic E-state index is 12.9. The molecular weight excluding hydrogens is 285 g/mol. The third-order valence-electron chi connectivity index (χ3n) is 3.07. The van der Waals surface area contributed by atoms with Gasteiger partial charge in [-0.05, 0) is 36.6 Å². The van der Waals surface area contributed by atoms with Crippen LogP contribution < -0.4 is 0 Å². The first-order chi connectivity index (χ1) is 9.74.